The maximum Gasteiger partial charge on any atom is 0.264 e. The van der Waals surface area contributed by atoms with Crippen LogP contribution in [0.2, 0.25) is 0 Å². The van der Waals surface area contributed by atoms with Gasteiger partial charge in [-0.3, -0.25) is 9.82 Å². The minimum atomic E-state index is -3.73. The molecular formula is C12H15BrN4O2S. The van der Waals surface area contributed by atoms with Gasteiger partial charge < -0.3 is 5.73 Å². The zero-order chi connectivity index (χ0) is 14.8. The summed E-state index contributed by atoms with van der Waals surface area (Å²) in [4.78, 5) is 0.0811. The second-order valence-corrected chi connectivity index (χ2v) is 6.83. The molecule has 20 heavy (non-hydrogen) atoms. The number of H-pyrrole nitrogens is 1. The van der Waals surface area contributed by atoms with Crippen molar-refractivity contribution >= 4 is 37.5 Å². The van der Waals surface area contributed by atoms with Gasteiger partial charge in [0.1, 0.15) is 4.90 Å². The molecule has 0 aliphatic rings. The van der Waals surface area contributed by atoms with Crippen LogP contribution in [0.25, 0.3) is 0 Å². The molecule has 2 aromatic rings. The normalized spacial score (nSPS) is 11.5. The summed E-state index contributed by atoms with van der Waals surface area (Å²) in [6, 6.07) is 6.29. The highest BCUT2D eigenvalue weighted by molar-refractivity contribution is 9.10. The first kappa shape index (κ1) is 14.9. The summed E-state index contributed by atoms with van der Waals surface area (Å²) < 4.78 is 27.5. The van der Waals surface area contributed by atoms with Gasteiger partial charge >= 0.3 is 0 Å². The molecule has 0 spiro atoms. The van der Waals surface area contributed by atoms with Crippen LogP contribution in [-0.2, 0) is 16.4 Å². The van der Waals surface area contributed by atoms with Crippen molar-refractivity contribution in [2.75, 3.05) is 10.5 Å². The molecule has 0 unspecified atom stereocenters. The second-order valence-electron chi connectivity index (χ2n) is 4.32. The van der Waals surface area contributed by atoms with Crippen LogP contribution in [0.4, 0.5) is 11.5 Å². The van der Waals surface area contributed by atoms with Crippen LogP contribution in [0.1, 0.15) is 19.0 Å². The Morgan fingerprint density at radius 1 is 1.40 bits per heavy atom. The van der Waals surface area contributed by atoms with E-state index < -0.39 is 10.0 Å². The fourth-order valence-electron chi connectivity index (χ4n) is 1.73. The minimum absolute atomic E-state index is 0.0811. The average Bonchev–Trinajstić information content (AvgIpc) is 2.79. The van der Waals surface area contributed by atoms with Gasteiger partial charge in [-0.1, -0.05) is 13.3 Å². The smallest absolute Gasteiger partial charge is 0.264 e. The van der Waals surface area contributed by atoms with Crippen molar-refractivity contribution in [3.8, 4) is 0 Å². The van der Waals surface area contributed by atoms with E-state index in [0.29, 0.717) is 10.2 Å². The molecule has 108 valence electrons. The maximum atomic E-state index is 12.3. The Morgan fingerprint density at radius 3 is 2.85 bits per heavy atom. The molecule has 1 aromatic carbocycles. The van der Waals surface area contributed by atoms with Gasteiger partial charge in [0.25, 0.3) is 10.0 Å². The Morgan fingerprint density at radius 2 is 2.15 bits per heavy atom. The van der Waals surface area contributed by atoms with Gasteiger partial charge in [-0.2, -0.15) is 5.10 Å². The van der Waals surface area contributed by atoms with Crippen molar-refractivity contribution in [2.24, 2.45) is 0 Å². The van der Waals surface area contributed by atoms with Crippen LogP contribution in [0.3, 0.4) is 0 Å². The Kier molecular flexibility index (Phi) is 4.34. The van der Waals surface area contributed by atoms with Crippen molar-refractivity contribution in [3.63, 3.8) is 0 Å². The Labute approximate surface area is 125 Å². The number of nitrogens with two attached hydrogens (primary N) is 1. The third kappa shape index (κ3) is 3.31. The number of aromatic nitrogens is 2. The standard InChI is InChI=1S/C12H15BrN4O2S/c1-2-3-9-7-12(16-15-9)17-20(18,19)11-6-8(14)4-5-10(11)13/h4-7H,2-3,14H2,1H3,(H2,15,16,17). The summed E-state index contributed by atoms with van der Waals surface area (Å²) in [6.45, 7) is 2.04. The first-order valence-electron chi connectivity index (χ1n) is 6.04. The number of aromatic amines is 1. The molecule has 0 bridgehead atoms. The molecule has 8 heteroatoms. The number of hydrogen-bond donors (Lipinski definition) is 3. The molecule has 1 aromatic heterocycles. The van der Waals surface area contributed by atoms with Crippen LogP contribution >= 0.6 is 15.9 Å². The molecule has 6 nitrogen and oxygen atoms in total. The fraction of sp³-hybridized carbons (Fsp3) is 0.250. The number of nitrogen functional groups attached to an aromatic ring is 1. The summed E-state index contributed by atoms with van der Waals surface area (Å²) in [7, 11) is -3.73. The van der Waals surface area contributed by atoms with E-state index in [-0.39, 0.29) is 10.7 Å². The van der Waals surface area contributed by atoms with Crippen molar-refractivity contribution in [1.29, 1.82) is 0 Å². The van der Waals surface area contributed by atoms with E-state index in [1.54, 1.807) is 18.2 Å². The Bertz CT molecular complexity index is 712. The molecule has 0 radical (unpaired) electrons. The molecule has 0 aliphatic heterocycles. The molecule has 1 heterocycles. The van der Waals surface area contributed by atoms with Gasteiger partial charge in [-0.25, -0.2) is 8.42 Å². The lowest BCUT2D eigenvalue weighted by Gasteiger charge is -2.08. The predicted molar refractivity (Wildman–Crippen MR) is 81.9 cm³/mol. The molecule has 0 saturated heterocycles. The SMILES string of the molecule is CCCc1cc(NS(=O)(=O)c2cc(N)ccc2Br)n[nH]1. The zero-order valence-corrected chi connectivity index (χ0v) is 13.3. The summed E-state index contributed by atoms with van der Waals surface area (Å²) in [5.41, 5.74) is 6.89. The van der Waals surface area contributed by atoms with E-state index in [9.17, 15) is 8.42 Å². The molecule has 0 atom stereocenters. The third-order valence-electron chi connectivity index (χ3n) is 2.63. The van der Waals surface area contributed by atoms with Crippen LogP contribution in [0.5, 0.6) is 0 Å². The van der Waals surface area contributed by atoms with Gasteiger partial charge in [-0.15, -0.1) is 0 Å². The predicted octanol–water partition coefficient (Wildman–Crippen LogP) is 2.51. The molecular weight excluding hydrogens is 344 g/mol. The molecule has 0 saturated carbocycles. The van der Waals surface area contributed by atoms with Crippen molar-refractivity contribution < 1.29 is 8.42 Å². The number of nitrogens with zero attached hydrogens (tertiary/aromatic N) is 1. The summed E-state index contributed by atoms with van der Waals surface area (Å²) in [5, 5.41) is 6.73. The van der Waals surface area contributed by atoms with Crippen molar-refractivity contribution in [2.45, 2.75) is 24.7 Å². The van der Waals surface area contributed by atoms with Gasteiger partial charge in [0.15, 0.2) is 5.82 Å². The molecule has 0 fully saturated rings. The number of hydrogen-bond acceptors (Lipinski definition) is 4. The van der Waals surface area contributed by atoms with E-state index in [2.05, 4.69) is 30.8 Å². The van der Waals surface area contributed by atoms with E-state index in [0.717, 1.165) is 18.5 Å². The van der Waals surface area contributed by atoms with Gasteiger partial charge in [-0.05, 0) is 40.5 Å². The van der Waals surface area contributed by atoms with E-state index in [1.165, 1.54) is 6.07 Å². The lowest BCUT2D eigenvalue weighted by atomic mass is 10.2. The van der Waals surface area contributed by atoms with Gasteiger partial charge in [0, 0.05) is 21.9 Å². The van der Waals surface area contributed by atoms with Crippen molar-refractivity contribution in [3.05, 3.63) is 34.4 Å². The first-order chi connectivity index (χ1) is 9.42. The Balaban J connectivity index is 2.28. The quantitative estimate of drug-likeness (QED) is 0.714. The molecule has 4 N–H and O–H groups in total. The lowest BCUT2D eigenvalue weighted by Crippen LogP contribution is -2.14. The second kappa shape index (κ2) is 5.84. The van der Waals surface area contributed by atoms with Crippen LogP contribution in [0.15, 0.2) is 33.6 Å². The highest BCUT2D eigenvalue weighted by Crippen LogP contribution is 2.26. The monoisotopic (exact) mass is 358 g/mol. The number of rotatable bonds is 5. The van der Waals surface area contributed by atoms with Crippen LogP contribution < -0.4 is 10.5 Å². The van der Waals surface area contributed by atoms with Crippen molar-refractivity contribution in [1.82, 2.24) is 10.2 Å². The number of sulfonamides is 1. The van der Waals surface area contributed by atoms with Crippen LogP contribution in [-0.4, -0.2) is 18.6 Å². The van der Waals surface area contributed by atoms with E-state index >= 15 is 0 Å². The zero-order valence-electron chi connectivity index (χ0n) is 10.9. The summed E-state index contributed by atoms with van der Waals surface area (Å²) in [6.07, 6.45) is 1.77. The average molecular weight is 359 g/mol. The highest BCUT2D eigenvalue weighted by Gasteiger charge is 2.19. The number of nitrogens with one attached hydrogen (secondary N) is 2. The van der Waals surface area contributed by atoms with E-state index in [4.69, 9.17) is 5.73 Å². The largest absolute Gasteiger partial charge is 0.399 e. The summed E-state index contributed by atoms with van der Waals surface area (Å²) >= 11 is 3.21. The van der Waals surface area contributed by atoms with Crippen LogP contribution in [0, 0.1) is 0 Å². The van der Waals surface area contributed by atoms with E-state index in [1.807, 2.05) is 6.92 Å². The number of halogens is 1. The van der Waals surface area contributed by atoms with Gasteiger partial charge in [0.05, 0.1) is 0 Å². The third-order valence-corrected chi connectivity index (χ3v) is 4.98. The molecule has 0 amide bonds. The first-order valence-corrected chi connectivity index (χ1v) is 8.32. The number of aryl methyl sites for hydroxylation is 1. The molecule has 2 rings (SSSR count). The minimum Gasteiger partial charge on any atom is -0.399 e. The summed E-state index contributed by atoms with van der Waals surface area (Å²) in [5.74, 6) is 0.266. The fourth-order valence-corrected chi connectivity index (χ4v) is 3.72. The topological polar surface area (TPSA) is 101 Å². The maximum absolute atomic E-state index is 12.3. The molecule has 0 aliphatic carbocycles. The number of benzene rings is 1. The lowest BCUT2D eigenvalue weighted by molar-refractivity contribution is 0.600. The van der Waals surface area contributed by atoms with Gasteiger partial charge in [0.2, 0.25) is 0 Å². The number of anilines is 2. The Hall–Kier alpha value is -1.54. The highest BCUT2D eigenvalue weighted by atomic mass is 79.9.